The van der Waals surface area contributed by atoms with Gasteiger partial charge < -0.3 is 0 Å². The van der Waals surface area contributed by atoms with Crippen LogP contribution in [0.5, 0.6) is 0 Å². The van der Waals surface area contributed by atoms with Gasteiger partial charge >= 0.3 is 0 Å². The Kier molecular flexibility index (Phi) is 3.26. The molecule has 1 saturated heterocycles. The van der Waals surface area contributed by atoms with Gasteiger partial charge in [-0.25, -0.2) is 0 Å². The van der Waals surface area contributed by atoms with E-state index in [2.05, 4.69) is 39.6 Å². The van der Waals surface area contributed by atoms with Crippen molar-refractivity contribution in [2.45, 2.75) is 18.8 Å². The van der Waals surface area contributed by atoms with Crippen LogP contribution < -0.4 is 0 Å². The van der Waals surface area contributed by atoms with Crippen LogP contribution in [0.15, 0.2) is 24.3 Å². The van der Waals surface area contributed by atoms with Crippen LogP contribution in [0.25, 0.3) is 10.1 Å². The van der Waals surface area contributed by atoms with Crippen LogP contribution in [-0.2, 0) is 0 Å². The molecule has 1 aliphatic rings. The normalized spacial score (nSPS) is 17.9. The third-order valence-electron chi connectivity index (χ3n) is 3.67. The van der Waals surface area contributed by atoms with Gasteiger partial charge in [-0.15, -0.1) is 0 Å². The maximum atomic E-state index is 8.71. The van der Waals surface area contributed by atoms with E-state index in [1.54, 1.807) is 11.5 Å². The summed E-state index contributed by atoms with van der Waals surface area (Å²) in [5.74, 6) is 0.566. The summed E-state index contributed by atoms with van der Waals surface area (Å²) in [5.41, 5.74) is 1.27. The number of nitriles is 1. The Balaban J connectivity index is 1.79. The smallest absolute Gasteiger partial charge is 0.0865 e. The molecule has 0 saturated carbocycles. The van der Waals surface area contributed by atoms with Crippen LogP contribution in [0.4, 0.5) is 0 Å². The van der Waals surface area contributed by atoms with E-state index >= 15 is 0 Å². The number of likely N-dealkylation sites (tertiary alicyclic amines) is 1. The number of aromatic nitrogens is 1. The van der Waals surface area contributed by atoms with E-state index in [0.29, 0.717) is 12.5 Å². The van der Waals surface area contributed by atoms with E-state index in [4.69, 9.17) is 5.26 Å². The lowest BCUT2D eigenvalue weighted by atomic mass is 9.92. The summed E-state index contributed by atoms with van der Waals surface area (Å²) in [6.07, 6.45) is 2.24. The summed E-state index contributed by atoms with van der Waals surface area (Å²) in [5, 5.41) is 10.0. The molecule has 3 rings (SSSR count). The zero-order valence-electron chi connectivity index (χ0n) is 10.2. The first kappa shape index (κ1) is 11.6. The molecule has 92 valence electrons. The summed E-state index contributed by atoms with van der Waals surface area (Å²) < 4.78 is 5.93. The minimum atomic E-state index is 0.560. The fourth-order valence-electron chi connectivity index (χ4n) is 2.66. The Morgan fingerprint density at radius 1 is 1.33 bits per heavy atom. The lowest BCUT2D eigenvalue weighted by molar-refractivity contribution is 0.234. The maximum Gasteiger partial charge on any atom is 0.0865 e. The first-order valence-electron chi connectivity index (χ1n) is 6.32. The number of benzene rings is 1. The van der Waals surface area contributed by atoms with Crippen molar-refractivity contribution in [3.05, 3.63) is 30.0 Å². The van der Waals surface area contributed by atoms with Crippen LogP contribution in [0.1, 0.15) is 24.5 Å². The number of piperidine rings is 1. The number of hydrogen-bond acceptors (Lipinski definition) is 4. The van der Waals surface area contributed by atoms with Crippen LogP contribution in [0, 0.1) is 11.3 Å². The molecular weight excluding hydrogens is 242 g/mol. The maximum absolute atomic E-state index is 8.71. The van der Waals surface area contributed by atoms with Crippen LogP contribution in [0.2, 0.25) is 0 Å². The molecule has 0 N–H and O–H groups in total. The van der Waals surface area contributed by atoms with Gasteiger partial charge in [0, 0.05) is 11.3 Å². The number of fused-ring (bicyclic) bond motifs is 1. The van der Waals surface area contributed by atoms with Gasteiger partial charge in [-0.2, -0.15) is 9.64 Å². The second kappa shape index (κ2) is 5.05. The van der Waals surface area contributed by atoms with E-state index < -0.39 is 0 Å². The average molecular weight is 257 g/mol. The first-order chi connectivity index (χ1) is 8.88. The highest BCUT2D eigenvalue weighted by atomic mass is 32.1. The molecule has 18 heavy (non-hydrogen) atoms. The highest BCUT2D eigenvalue weighted by molar-refractivity contribution is 7.13. The summed E-state index contributed by atoms with van der Waals surface area (Å²) in [4.78, 5) is 2.23. The first-order valence-corrected chi connectivity index (χ1v) is 7.09. The third kappa shape index (κ3) is 2.12. The zero-order chi connectivity index (χ0) is 12.4. The number of nitrogens with zero attached hydrogens (tertiary/aromatic N) is 3. The van der Waals surface area contributed by atoms with E-state index in [1.165, 1.54) is 15.8 Å². The summed E-state index contributed by atoms with van der Waals surface area (Å²) in [6.45, 7) is 2.60. The molecule has 2 aromatic rings. The molecular formula is C14H15N3S. The highest BCUT2D eigenvalue weighted by Crippen LogP contribution is 2.33. The van der Waals surface area contributed by atoms with Gasteiger partial charge in [0.05, 0.1) is 23.0 Å². The van der Waals surface area contributed by atoms with E-state index in [1.807, 2.05) is 0 Å². The monoisotopic (exact) mass is 257 g/mol. The minimum absolute atomic E-state index is 0.560. The Labute approximate surface area is 111 Å². The van der Waals surface area contributed by atoms with Crippen molar-refractivity contribution < 1.29 is 0 Å². The van der Waals surface area contributed by atoms with Gasteiger partial charge in [-0.05, 0) is 43.5 Å². The Bertz CT molecular complexity index is 576. The lowest BCUT2D eigenvalue weighted by Gasteiger charge is -2.29. The number of rotatable bonds is 2. The average Bonchev–Trinajstić information content (AvgIpc) is 2.84. The van der Waals surface area contributed by atoms with E-state index in [0.717, 1.165) is 25.9 Å². The molecule has 4 heteroatoms. The highest BCUT2D eigenvalue weighted by Gasteiger charge is 2.23. The van der Waals surface area contributed by atoms with Crippen LogP contribution in [-0.4, -0.2) is 28.9 Å². The molecule has 0 spiro atoms. The van der Waals surface area contributed by atoms with Crippen molar-refractivity contribution in [1.29, 1.82) is 5.26 Å². The zero-order valence-corrected chi connectivity index (χ0v) is 11.0. The van der Waals surface area contributed by atoms with Gasteiger partial charge in [0.15, 0.2) is 0 Å². The summed E-state index contributed by atoms with van der Waals surface area (Å²) in [7, 11) is 0. The Morgan fingerprint density at radius 2 is 2.11 bits per heavy atom. The van der Waals surface area contributed by atoms with Gasteiger partial charge in [0.1, 0.15) is 0 Å². The van der Waals surface area contributed by atoms with Crippen molar-refractivity contribution in [3.63, 3.8) is 0 Å². The standard InChI is InChI=1S/C14H15N3S/c15-7-10-17-8-5-11(6-9-17)14-12-3-1-2-4-13(12)18-16-14/h1-4,11H,5-6,8-10H2. The second-order valence-corrected chi connectivity index (χ2v) is 5.58. The Morgan fingerprint density at radius 3 is 2.89 bits per heavy atom. The fourth-order valence-corrected chi connectivity index (χ4v) is 3.52. The summed E-state index contributed by atoms with van der Waals surface area (Å²) >= 11 is 1.60. The Hall–Kier alpha value is -1.44. The second-order valence-electron chi connectivity index (χ2n) is 4.77. The molecule has 0 radical (unpaired) electrons. The van der Waals surface area contributed by atoms with Gasteiger partial charge in [0.2, 0.25) is 0 Å². The molecule has 1 fully saturated rings. The van der Waals surface area contributed by atoms with Crippen molar-refractivity contribution in [2.24, 2.45) is 0 Å². The quantitative estimate of drug-likeness (QED) is 0.776. The molecule has 3 nitrogen and oxygen atoms in total. The topological polar surface area (TPSA) is 39.9 Å². The molecule has 2 heterocycles. The van der Waals surface area contributed by atoms with E-state index in [-0.39, 0.29) is 0 Å². The molecule has 0 atom stereocenters. The lowest BCUT2D eigenvalue weighted by Crippen LogP contribution is -2.33. The minimum Gasteiger partial charge on any atom is -0.291 e. The predicted molar refractivity (Wildman–Crippen MR) is 73.6 cm³/mol. The fraction of sp³-hybridized carbons (Fsp3) is 0.429. The van der Waals surface area contributed by atoms with Crippen LogP contribution in [0.3, 0.4) is 0 Å². The van der Waals surface area contributed by atoms with Gasteiger partial charge in [0.25, 0.3) is 0 Å². The SMILES string of the molecule is N#CCN1CCC(c2nsc3ccccc23)CC1. The summed E-state index contributed by atoms with van der Waals surface area (Å²) in [6, 6.07) is 10.7. The van der Waals surface area contributed by atoms with Crippen molar-refractivity contribution in [1.82, 2.24) is 9.27 Å². The molecule has 0 unspecified atom stereocenters. The van der Waals surface area contributed by atoms with Gasteiger partial charge in [-0.1, -0.05) is 18.2 Å². The molecule has 1 aliphatic heterocycles. The molecule has 1 aromatic heterocycles. The van der Waals surface area contributed by atoms with Crippen molar-refractivity contribution in [3.8, 4) is 6.07 Å². The molecule has 1 aromatic carbocycles. The third-order valence-corrected chi connectivity index (χ3v) is 4.51. The number of hydrogen-bond donors (Lipinski definition) is 0. The molecule has 0 bridgehead atoms. The largest absolute Gasteiger partial charge is 0.291 e. The van der Waals surface area contributed by atoms with Crippen LogP contribution >= 0.6 is 11.5 Å². The van der Waals surface area contributed by atoms with Crippen molar-refractivity contribution in [2.75, 3.05) is 19.6 Å². The van der Waals surface area contributed by atoms with Crippen molar-refractivity contribution >= 4 is 21.6 Å². The molecule has 0 aliphatic carbocycles. The molecule has 0 amide bonds. The van der Waals surface area contributed by atoms with E-state index in [9.17, 15) is 0 Å². The predicted octanol–water partition coefficient (Wildman–Crippen LogP) is 3.00. The van der Waals surface area contributed by atoms with Gasteiger partial charge in [-0.3, -0.25) is 4.90 Å².